The molecule has 2 heterocycles. The Bertz CT molecular complexity index is 777. The standard InChI is InChI=1S/C17H14FNO4/c1-10(20)14-15(11-4-6-12(18)7-5-11)19(17(22)16(14)21)9-13-3-2-8-23-13/h2-8,15,21H,9H2,1H3/t15-/m0/s1. The summed E-state index contributed by atoms with van der Waals surface area (Å²) in [5.41, 5.74) is 0.550. The molecule has 1 N–H and O–H groups in total. The lowest BCUT2D eigenvalue weighted by molar-refractivity contribution is -0.130. The molecule has 23 heavy (non-hydrogen) atoms. The first-order valence-corrected chi connectivity index (χ1v) is 7.02. The van der Waals surface area contributed by atoms with E-state index in [9.17, 15) is 19.1 Å². The zero-order valence-corrected chi connectivity index (χ0v) is 12.3. The second kappa shape index (κ2) is 5.72. The van der Waals surface area contributed by atoms with Crippen LogP contribution in [-0.2, 0) is 16.1 Å². The monoisotopic (exact) mass is 315 g/mol. The summed E-state index contributed by atoms with van der Waals surface area (Å²) in [5, 5.41) is 10.1. The smallest absolute Gasteiger partial charge is 0.290 e. The van der Waals surface area contributed by atoms with Crippen molar-refractivity contribution in [3.63, 3.8) is 0 Å². The Kier molecular flexibility index (Phi) is 3.73. The SMILES string of the molecule is CC(=O)C1=C(O)C(=O)N(Cc2ccco2)[C@H]1c1ccc(F)cc1. The van der Waals surface area contributed by atoms with Crippen molar-refractivity contribution >= 4 is 11.7 Å². The first-order chi connectivity index (χ1) is 11.0. The van der Waals surface area contributed by atoms with Gasteiger partial charge >= 0.3 is 0 Å². The number of halogens is 1. The van der Waals surface area contributed by atoms with Gasteiger partial charge in [0.1, 0.15) is 11.6 Å². The van der Waals surface area contributed by atoms with E-state index in [0.717, 1.165) is 0 Å². The zero-order valence-electron chi connectivity index (χ0n) is 12.3. The molecule has 5 nitrogen and oxygen atoms in total. The van der Waals surface area contributed by atoms with E-state index in [-0.39, 0.29) is 12.1 Å². The largest absolute Gasteiger partial charge is 0.503 e. The van der Waals surface area contributed by atoms with Crippen LogP contribution in [0.15, 0.2) is 58.4 Å². The van der Waals surface area contributed by atoms with Crippen molar-refractivity contribution in [2.75, 3.05) is 0 Å². The summed E-state index contributed by atoms with van der Waals surface area (Å²) in [7, 11) is 0. The number of nitrogens with zero attached hydrogens (tertiary/aromatic N) is 1. The number of aliphatic hydroxyl groups excluding tert-OH is 1. The predicted octanol–water partition coefficient (Wildman–Crippen LogP) is 2.90. The van der Waals surface area contributed by atoms with Crippen molar-refractivity contribution in [3.05, 3.63) is 71.1 Å². The first kappa shape index (κ1) is 15.0. The molecule has 3 rings (SSSR count). The number of Topliss-reactive ketones (excluding diaryl/α,β-unsaturated/α-hetero) is 1. The second-order valence-corrected chi connectivity index (χ2v) is 5.28. The van der Waals surface area contributed by atoms with Crippen LogP contribution >= 0.6 is 0 Å². The first-order valence-electron chi connectivity index (χ1n) is 7.02. The van der Waals surface area contributed by atoms with E-state index in [0.29, 0.717) is 11.3 Å². The van der Waals surface area contributed by atoms with Crippen molar-refractivity contribution in [2.45, 2.75) is 19.5 Å². The summed E-state index contributed by atoms with van der Waals surface area (Å²) < 4.78 is 18.4. The van der Waals surface area contributed by atoms with Gasteiger partial charge in [-0.05, 0) is 36.8 Å². The van der Waals surface area contributed by atoms with Gasteiger partial charge in [-0.2, -0.15) is 0 Å². The molecular formula is C17H14FNO4. The van der Waals surface area contributed by atoms with Gasteiger partial charge in [0.05, 0.1) is 24.4 Å². The second-order valence-electron chi connectivity index (χ2n) is 5.28. The average molecular weight is 315 g/mol. The number of carbonyl (C=O) groups is 2. The number of hydrogen-bond donors (Lipinski definition) is 1. The third-order valence-corrected chi connectivity index (χ3v) is 3.77. The van der Waals surface area contributed by atoms with Crippen molar-refractivity contribution in [1.82, 2.24) is 4.90 Å². The Hall–Kier alpha value is -2.89. The van der Waals surface area contributed by atoms with Crippen molar-refractivity contribution < 1.29 is 23.5 Å². The lowest BCUT2D eigenvalue weighted by atomic mass is 9.96. The molecule has 0 saturated heterocycles. The number of carbonyl (C=O) groups excluding carboxylic acids is 2. The quantitative estimate of drug-likeness (QED) is 0.942. The Morgan fingerprint density at radius 3 is 2.57 bits per heavy atom. The van der Waals surface area contributed by atoms with Crippen LogP contribution in [0.25, 0.3) is 0 Å². The minimum Gasteiger partial charge on any atom is -0.503 e. The summed E-state index contributed by atoms with van der Waals surface area (Å²) in [6.45, 7) is 1.38. The van der Waals surface area contributed by atoms with E-state index in [4.69, 9.17) is 4.42 Å². The van der Waals surface area contributed by atoms with Crippen LogP contribution in [0, 0.1) is 5.82 Å². The molecule has 1 atom stereocenters. The lowest BCUT2D eigenvalue weighted by Crippen LogP contribution is -2.30. The summed E-state index contributed by atoms with van der Waals surface area (Å²) in [5.74, 6) is -1.54. The highest BCUT2D eigenvalue weighted by Gasteiger charge is 2.42. The molecule has 1 aromatic carbocycles. The van der Waals surface area contributed by atoms with Gasteiger partial charge in [-0.1, -0.05) is 12.1 Å². The molecular weight excluding hydrogens is 301 g/mol. The molecule has 0 spiro atoms. The van der Waals surface area contributed by atoms with E-state index < -0.39 is 29.3 Å². The van der Waals surface area contributed by atoms with Gasteiger partial charge < -0.3 is 14.4 Å². The molecule has 0 radical (unpaired) electrons. The number of benzene rings is 1. The third-order valence-electron chi connectivity index (χ3n) is 3.77. The third kappa shape index (κ3) is 2.63. The number of aliphatic hydroxyl groups is 1. The number of amides is 1. The molecule has 118 valence electrons. The summed E-state index contributed by atoms with van der Waals surface area (Å²) >= 11 is 0. The van der Waals surface area contributed by atoms with Crippen LogP contribution in [0.1, 0.15) is 24.3 Å². The molecule has 0 fully saturated rings. The average Bonchev–Trinajstić information content (AvgIpc) is 3.10. The summed E-state index contributed by atoms with van der Waals surface area (Å²) in [4.78, 5) is 25.6. The van der Waals surface area contributed by atoms with Gasteiger partial charge in [0, 0.05) is 0 Å². The Morgan fingerprint density at radius 2 is 2.00 bits per heavy atom. The Balaban J connectivity index is 2.05. The van der Waals surface area contributed by atoms with E-state index in [1.165, 1.54) is 42.4 Å². The summed E-state index contributed by atoms with van der Waals surface area (Å²) in [6, 6.07) is 8.08. The molecule has 1 aliphatic heterocycles. The zero-order chi connectivity index (χ0) is 16.6. The normalized spacial score (nSPS) is 17.9. The molecule has 0 aliphatic carbocycles. The molecule has 1 aromatic heterocycles. The van der Waals surface area contributed by atoms with E-state index in [2.05, 4.69) is 0 Å². The minimum absolute atomic E-state index is 0.00756. The molecule has 1 amide bonds. The number of hydrogen-bond acceptors (Lipinski definition) is 4. The molecule has 0 bridgehead atoms. The van der Waals surface area contributed by atoms with Gasteiger partial charge in [-0.15, -0.1) is 0 Å². The van der Waals surface area contributed by atoms with E-state index in [1.54, 1.807) is 12.1 Å². The predicted molar refractivity (Wildman–Crippen MR) is 78.7 cm³/mol. The van der Waals surface area contributed by atoms with Crippen LogP contribution in [-0.4, -0.2) is 21.7 Å². The maximum absolute atomic E-state index is 13.2. The number of ketones is 1. The van der Waals surface area contributed by atoms with Crippen LogP contribution in [0.4, 0.5) is 4.39 Å². The number of furan rings is 1. The van der Waals surface area contributed by atoms with Gasteiger partial charge in [-0.25, -0.2) is 4.39 Å². The van der Waals surface area contributed by atoms with Crippen molar-refractivity contribution in [3.8, 4) is 0 Å². The van der Waals surface area contributed by atoms with Gasteiger partial charge in [0.2, 0.25) is 0 Å². The van der Waals surface area contributed by atoms with Gasteiger partial charge in [0.25, 0.3) is 5.91 Å². The highest BCUT2D eigenvalue weighted by molar-refractivity contribution is 6.08. The van der Waals surface area contributed by atoms with Crippen LogP contribution in [0.3, 0.4) is 0 Å². The maximum atomic E-state index is 13.2. The Morgan fingerprint density at radius 1 is 1.30 bits per heavy atom. The van der Waals surface area contributed by atoms with Crippen molar-refractivity contribution in [1.29, 1.82) is 0 Å². The molecule has 2 aromatic rings. The molecule has 0 unspecified atom stereocenters. The Labute approximate surface area is 131 Å². The van der Waals surface area contributed by atoms with Gasteiger partial charge in [0.15, 0.2) is 11.5 Å². The molecule has 1 aliphatic rings. The lowest BCUT2D eigenvalue weighted by Gasteiger charge is -2.25. The van der Waals surface area contributed by atoms with Crippen molar-refractivity contribution in [2.24, 2.45) is 0 Å². The van der Waals surface area contributed by atoms with E-state index >= 15 is 0 Å². The van der Waals surface area contributed by atoms with Crippen LogP contribution in [0.5, 0.6) is 0 Å². The minimum atomic E-state index is -0.773. The van der Waals surface area contributed by atoms with Crippen LogP contribution < -0.4 is 0 Å². The highest BCUT2D eigenvalue weighted by atomic mass is 19.1. The fraction of sp³-hybridized carbons (Fsp3) is 0.176. The summed E-state index contributed by atoms with van der Waals surface area (Å²) in [6.07, 6.45) is 1.47. The maximum Gasteiger partial charge on any atom is 0.290 e. The van der Waals surface area contributed by atoms with E-state index in [1.807, 2.05) is 0 Å². The fourth-order valence-corrected chi connectivity index (χ4v) is 2.74. The van der Waals surface area contributed by atoms with Crippen LogP contribution in [0.2, 0.25) is 0 Å². The molecule has 0 saturated carbocycles. The number of rotatable bonds is 4. The fourth-order valence-electron chi connectivity index (χ4n) is 2.74. The topological polar surface area (TPSA) is 70.8 Å². The molecule has 6 heteroatoms. The van der Waals surface area contributed by atoms with Gasteiger partial charge in [-0.3, -0.25) is 9.59 Å². The highest BCUT2D eigenvalue weighted by Crippen LogP contribution is 2.38.